The molecule has 2 amide bonds. The van der Waals surface area contributed by atoms with Crippen LogP contribution in [0.25, 0.3) is 0 Å². The van der Waals surface area contributed by atoms with Crippen LogP contribution < -0.4 is 9.62 Å². The van der Waals surface area contributed by atoms with Crippen LogP contribution in [-0.2, 0) is 32.6 Å². The van der Waals surface area contributed by atoms with Gasteiger partial charge in [-0.2, -0.15) is 0 Å². The van der Waals surface area contributed by atoms with Gasteiger partial charge < -0.3 is 10.2 Å². The highest BCUT2D eigenvalue weighted by molar-refractivity contribution is 7.92. The van der Waals surface area contributed by atoms with Gasteiger partial charge in [0.05, 0.1) is 15.5 Å². The standard InChI is InChI=1S/C35H38N4O6S/c1-26(2)23-36-35(41)33(21-28-13-6-4-7-14-28)37(24-29-15-10-12-27(3)20-29)34(40)25-38(30-16-11-17-31(22-30)39(42)43)46(44,45)32-18-8-5-9-19-32/h4-20,22,26,33H,21,23-25H2,1-3H3,(H,36,41)/t33-/m1/s1. The number of hydrogen-bond donors (Lipinski definition) is 1. The molecule has 0 saturated heterocycles. The lowest BCUT2D eigenvalue weighted by molar-refractivity contribution is -0.384. The molecule has 1 N–H and O–H groups in total. The fraction of sp³-hybridized carbons (Fsp3) is 0.257. The zero-order valence-corrected chi connectivity index (χ0v) is 26.9. The molecule has 4 rings (SSSR count). The summed E-state index contributed by atoms with van der Waals surface area (Å²) in [5.41, 5.74) is 2.16. The molecule has 0 aliphatic rings. The molecule has 10 nitrogen and oxygen atoms in total. The van der Waals surface area contributed by atoms with Gasteiger partial charge in [0.25, 0.3) is 15.7 Å². The molecule has 0 aromatic heterocycles. The van der Waals surface area contributed by atoms with E-state index < -0.39 is 33.4 Å². The largest absolute Gasteiger partial charge is 0.354 e. The van der Waals surface area contributed by atoms with Crippen LogP contribution in [0.1, 0.15) is 30.5 Å². The Labute approximate surface area is 269 Å². The van der Waals surface area contributed by atoms with E-state index in [9.17, 15) is 28.1 Å². The van der Waals surface area contributed by atoms with E-state index in [2.05, 4.69) is 5.32 Å². The number of sulfonamides is 1. The smallest absolute Gasteiger partial charge is 0.271 e. The molecule has 0 aliphatic carbocycles. The van der Waals surface area contributed by atoms with Crippen molar-refractivity contribution in [3.63, 3.8) is 0 Å². The number of nitro groups is 1. The summed E-state index contributed by atoms with van der Waals surface area (Å²) in [4.78, 5) is 40.6. The van der Waals surface area contributed by atoms with Gasteiger partial charge in [0.15, 0.2) is 0 Å². The second-order valence-corrected chi connectivity index (χ2v) is 13.3. The lowest BCUT2D eigenvalue weighted by atomic mass is 10.0. The average Bonchev–Trinajstić information content (AvgIpc) is 3.04. The van der Waals surface area contributed by atoms with Crippen molar-refractivity contribution in [3.05, 3.63) is 136 Å². The second kappa shape index (κ2) is 15.3. The van der Waals surface area contributed by atoms with Crippen molar-refractivity contribution < 1.29 is 22.9 Å². The summed E-state index contributed by atoms with van der Waals surface area (Å²) in [6, 6.07) is 28.5. The lowest BCUT2D eigenvalue weighted by Gasteiger charge is -2.34. The Morgan fingerprint density at radius 3 is 2.11 bits per heavy atom. The van der Waals surface area contributed by atoms with Crippen molar-refractivity contribution in [1.82, 2.24) is 10.2 Å². The number of nitrogens with one attached hydrogen (secondary N) is 1. The zero-order valence-electron chi connectivity index (χ0n) is 26.1. The van der Waals surface area contributed by atoms with Crippen LogP contribution in [0, 0.1) is 23.0 Å². The van der Waals surface area contributed by atoms with E-state index in [1.165, 1.54) is 35.2 Å². The van der Waals surface area contributed by atoms with Crippen molar-refractivity contribution >= 4 is 33.2 Å². The highest BCUT2D eigenvalue weighted by Crippen LogP contribution is 2.28. The van der Waals surface area contributed by atoms with E-state index >= 15 is 0 Å². The summed E-state index contributed by atoms with van der Waals surface area (Å²) < 4.78 is 29.0. The third-order valence-electron chi connectivity index (χ3n) is 7.33. The fourth-order valence-corrected chi connectivity index (χ4v) is 6.42. The predicted octanol–water partition coefficient (Wildman–Crippen LogP) is 5.51. The molecule has 0 aliphatic heterocycles. The third-order valence-corrected chi connectivity index (χ3v) is 9.12. The van der Waals surface area contributed by atoms with Gasteiger partial charge in [-0.3, -0.25) is 24.0 Å². The SMILES string of the molecule is Cc1cccc(CN(C(=O)CN(c2cccc([N+](=O)[O-])c2)S(=O)(=O)c2ccccc2)[C@H](Cc2ccccc2)C(=O)NCC(C)C)c1. The Hall–Kier alpha value is -5.03. The highest BCUT2D eigenvalue weighted by Gasteiger charge is 2.35. The van der Waals surface area contributed by atoms with Crippen LogP contribution in [0.3, 0.4) is 0 Å². The van der Waals surface area contributed by atoms with Crippen LogP contribution in [-0.4, -0.2) is 49.2 Å². The maximum atomic E-state index is 14.5. The first-order chi connectivity index (χ1) is 22.0. The molecule has 0 unspecified atom stereocenters. The van der Waals surface area contributed by atoms with Gasteiger partial charge in [-0.25, -0.2) is 8.42 Å². The number of hydrogen-bond acceptors (Lipinski definition) is 6. The second-order valence-electron chi connectivity index (χ2n) is 11.5. The number of carbonyl (C=O) groups excluding carboxylic acids is 2. The molecule has 0 saturated carbocycles. The van der Waals surface area contributed by atoms with Crippen molar-refractivity contribution in [3.8, 4) is 0 Å². The number of benzene rings is 4. The van der Waals surface area contributed by atoms with E-state index in [0.717, 1.165) is 27.1 Å². The fourth-order valence-electron chi connectivity index (χ4n) is 4.99. The number of rotatable bonds is 14. The summed E-state index contributed by atoms with van der Waals surface area (Å²) in [6.07, 6.45) is 0.185. The summed E-state index contributed by atoms with van der Waals surface area (Å²) in [5.74, 6) is -0.859. The van der Waals surface area contributed by atoms with Gasteiger partial charge in [-0.15, -0.1) is 0 Å². The number of nitro benzene ring substituents is 1. The van der Waals surface area contributed by atoms with Crippen LogP contribution in [0.5, 0.6) is 0 Å². The lowest BCUT2D eigenvalue weighted by Crippen LogP contribution is -2.53. The minimum absolute atomic E-state index is 0.0290. The first-order valence-electron chi connectivity index (χ1n) is 14.9. The van der Waals surface area contributed by atoms with Gasteiger partial charge in [0, 0.05) is 31.6 Å². The minimum Gasteiger partial charge on any atom is -0.354 e. The minimum atomic E-state index is -4.37. The summed E-state index contributed by atoms with van der Waals surface area (Å²) >= 11 is 0. The van der Waals surface area contributed by atoms with Gasteiger partial charge in [-0.05, 0) is 42.2 Å². The van der Waals surface area contributed by atoms with E-state index in [1.54, 1.807) is 18.2 Å². The van der Waals surface area contributed by atoms with Gasteiger partial charge in [0.1, 0.15) is 12.6 Å². The van der Waals surface area contributed by atoms with Crippen molar-refractivity contribution in [1.29, 1.82) is 0 Å². The first-order valence-corrected chi connectivity index (χ1v) is 16.4. The average molecular weight is 643 g/mol. The van der Waals surface area contributed by atoms with Crippen LogP contribution in [0.4, 0.5) is 11.4 Å². The number of nitrogens with zero attached hydrogens (tertiary/aromatic N) is 3. The van der Waals surface area contributed by atoms with E-state index in [0.29, 0.717) is 6.54 Å². The molecule has 46 heavy (non-hydrogen) atoms. The number of non-ortho nitro benzene ring substituents is 1. The van der Waals surface area contributed by atoms with Gasteiger partial charge in [-0.1, -0.05) is 98.3 Å². The molecule has 0 radical (unpaired) electrons. The Kier molecular flexibility index (Phi) is 11.3. The van der Waals surface area contributed by atoms with E-state index in [-0.39, 0.29) is 41.1 Å². The Bertz CT molecular complexity index is 1760. The van der Waals surface area contributed by atoms with Crippen molar-refractivity contribution in [2.24, 2.45) is 5.92 Å². The maximum Gasteiger partial charge on any atom is 0.271 e. The molecule has 0 heterocycles. The first kappa shape index (κ1) is 33.9. The predicted molar refractivity (Wildman–Crippen MR) is 178 cm³/mol. The topological polar surface area (TPSA) is 130 Å². The maximum absolute atomic E-state index is 14.5. The monoisotopic (exact) mass is 642 g/mol. The normalized spacial score (nSPS) is 11.9. The Morgan fingerprint density at radius 1 is 0.848 bits per heavy atom. The number of carbonyl (C=O) groups is 2. The molecule has 11 heteroatoms. The number of amides is 2. The van der Waals surface area contributed by atoms with E-state index in [1.807, 2.05) is 75.4 Å². The summed E-state index contributed by atoms with van der Waals surface area (Å²) in [6.45, 7) is 5.57. The highest BCUT2D eigenvalue weighted by atomic mass is 32.2. The summed E-state index contributed by atoms with van der Waals surface area (Å²) in [5, 5.41) is 14.6. The molecular formula is C35H38N4O6S. The molecule has 0 fully saturated rings. The third kappa shape index (κ3) is 8.79. The van der Waals surface area contributed by atoms with Crippen molar-refractivity contribution in [2.75, 3.05) is 17.4 Å². The number of aryl methyl sites for hydroxylation is 1. The molecule has 0 spiro atoms. The molecule has 1 atom stereocenters. The Morgan fingerprint density at radius 2 is 1.48 bits per heavy atom. The molecule has 4 aromatic rings. The van der Waals surface area contributed by atoms with E-state index in [4.69, 9.17) is 0 Å². The molecule has 4 aromatic carbocycles. The molecule has 240 valence electrons. The zero-order chi connectivity index (χ0) is 33.3. The van der Waals surface area contributed by atoms with Crippen LogP contribution >= 0.6 is 0 Å². The number of anilines is 1. The molecular weight excluding hydrogens is 604 g/mol. The van der Waals surface area contributed by atoms with Crippen molar-refractivity contribution in [2.45, 2.75) is 44.7 Å². The molecule has 0 bridgehead atoms. The van der Waals surface area contributed by atoms with Crippen LogP contribution in [0.2, 0.25) is 0 Å². The van der Waals surface area contributed by atoms with Gasteiger partial charge >= 0.3 is 0 Å². The summed E-state index contributed by atoms with van der Waals surface area (Å²) in [7, 11) is -4.37. The quantitative estimate of drug-likeness (QED) is 0.143. The van der Waals surface area contributed by atoms with Gasteiger partial charge in [0.2, 0.25) is 11.8 Å². The Balaban J connectivity index is 1.82. The van der Waals surface area contributed by atoms with Crippen LogP contribution in [0.15, 0.2) is 114 Å².